The Morgan fingerprint density at radius 3 is 2.65 bits per heavy atom. The molecule has 2 heteroatoms. The van der Waals surface area contributed by atoms with Gasteiger partial charge in [0.15, 0.2) is 0 Å². The maximum absolute atomic E-state index is 5.74. The Balaban J connectivity index is 2.29. The Kier molecular flexibility index (Phi) is 4.43. The summed E-state index contributed by atoms with van der Waals surface area (Å²) in [5, 5.41) is 0. The third-order valence-corrected chi connectivity index (χ3v) is 3.54. The summed E-state index contributed by atoms with van der Waals surface area (Å²) in [6, 6.07) is 4.39. The third kappa shape index (κ3) is 2.81. The van der Waals surface area contributed by atoms with E-state index in [9.17, 15) is 0 Å². The summed E-state index contributed by atoms with van der Waals surface area (Å²) in [6.07, 6.45) is 7.22. The highest BCUT2D eigenvalue weighted by Crippen LogP contribution is 2.32. The van der Waals surface area contributed by atoms with Crippen molar-refractivity contribution in [2.45, 2.75) is 45.4 Å². The molecule has 0 aromatic heterocycles. The predicted octanol–water partition coefficient (Wildman–Crippen LogP) is 2.86. The quantitative estimate of drug-likeness (QED) is 0.848. The van der Waals surface area contributed by atoms with Crippen LogP contribution in [0.4, 0.5) is 0 Å². The smallest absolute Gasteiger partial charge is 0.122 e. The fourth-order valence-corrected chi connectivity index (χ4v) is 2.73. The van der Waals surface area contributed by atoms with Crippen LogP contribution in [-0.4, -0.2) is 13.2 Å². The Bertz CT molecular complexity index is 373. The zero-order valence-corrected chi connectivity index (χ0v) is 10.8. The lowest BCUT2D eigenvalue weighted by Crippen LogP contribution is -2.10. The lowest BCUT2D eigenvalue weighted by Gasteiger charge is -2.22. The molecule has 0 bridgehead atoms. The Morgan fingerprint density at radius 1 is 1.18 bits per heavy atom. The van der Waals surface area contributed by atoms with Crippen molar-refractivity contribution in [1.82, 2.24) is 0 Å². The largest absolute Gasteiger partial charge is 0.494 e. The maximum atomic E-state index is 5.74. The molecule has 0 amide bonds. The fourth-order valence-electron chi connectivity index (χ4n) is 2.73. The van der Waals surface area contributed by atoms with E-state index in [1.807, 2.05) is 0 Å². The van der Waals surface area contributed by atoms with Crippen LogP contribution >= 0.6 is 0 Å². The van der Waals surface area contributed by atoms with E-state index in [1.54, 1.807) is 5.56 Å². The number of benzene rings is 1. The number of fused-ring (bicyclic) bond motifs is 1. The summed E-state index contributed by atoms with van der Waals surface area (Å²) < 4.78 is 5.74. The van der Waals surface area contributed by atoms with Gasteiger partial charge in [0.2, 0.25) is 0 Å². The van der Waals surface area contributed by atoms with Crippen molar-refractivity contribution in [2.24, 2.45) is 5.73 Å². The minimum Gasteiger partial charge on any atom is -0.494 e. The van der Waals surface area contributed by atoms with Crippen LogP contribution in [0.15, 0.2) is 12.1 Å². The lowest BCUT2D eigenvalue weighted by atomic mass is 9.86. The molecule has 0 fully saturated rings. The summed E-state index contributed by atoms with van der Waals surface area (Å²) in [7, 11) is 0. The lowest BCUT2D eigenvalue weighted by molar-refractivity contribution is 0.334. The molecule has 0 heterocycles. The van der Waals surface area contributed by atoms with E-state index in [0.717, 1.165) is 31.7 Å². The Hall–Kier alpha value is -1.02. The maximum Gasteiger partial charge on any atom is 0.122 e. The molecule has 0 saturated carbocycles. The van der Waals surface area contributed by atoms with Gasteiger partial charge in [0.25, 0.3) is 0 Å². The van der Waals surface area contributed by atoms with Gasteiger partial charge in [0.05, 0.1) is 6.61 Å². The van der Waals surface area contributed by atoms with E-state index < -0.39 is 0 Å². The molecule has 0 spiro atoms. The Morgan fingerprint density at radius 2 is 1.94 bits per heavy atom. The summed E-state index contributed by atoms with van der Waals surface area (Å²) in [5.74, 6) is 1.11. The summed E-state index contributed by atoms with van der Waals surface area (Å²) in [4.78, 5) is 0. The van der Waals surface area contributed by atoms with Gasteiger partial charge in [0.1, 0.15) is 5.75 Å². The molecule has 2 rings (SSSR count). The average Bonchev–Trinajstić information content (AvgIpc) is 2.38. The molecule has 1 aromatic rings. The second-order valence-corrected chi connectivity index (χ2v) is 4.71. The first-order valence-corrected chi connectivity index (χ1v) is 6.83. The van der Waals surface area contributed by atoms with Crippen LogP contribution in [-0.2, 0) is 19.3 Å². The van der Waals surface area contributed by atoms with Gasteiger partial charge in [-0.25, -0.2) is 0 Å². The van der Waals surface area contributed by atoms with E-state index in [0.29, 0.717) is 0 Å². The molecule has 0 saturated heterocycles. The predicted molar refractivity (Wildman–Crippen MR) is 71.6 cm³/mol. The van der Waals surface area contributed by atoms with E-state index in [4.69, 9.17) is 10.5 Å². The topological polar surface area (TPSA) is 35.2 Å². The molecule has 94 valence electrons. The Labute approximate surface area is 104 Å². The van der Waals surface area contributed by atoms with Crippen molar-refractivity contribution in [2.75, 3.05) is 13.2 Å². The van der Waals surface area contributed by atoms with Crippen LogP contribution < -0.4 is 10.5 Å². The molecule has 17 heavy (non-hydrogen) atoms. The summed E-state index contributed by atoms with van der Waals surface area (Å²) >= 11 is 0. The number of nitrogens with two attached hydrogens (primary N) is 1. The van der Waals surface area contributed by atoms with E-state index in [1.165, 1.54) is 36.8 Å². The summed E-state index contributed by atoms with van der Waals surface area (Å²) in [5.41, 5.74) is 10.1. The normalized spacial score (nSPS) is 14.5. The van der Waals surface area contributed by atoms with Gasteiger partial charge in [-0.1, -0.05) is 6.07 Å². The zero-order chi connectivity index (χ0) is 12.1. The van der Waals surface area contributed by atoms with Gasteiger partial charge in [0, 0.05) is 0 Å². The standard InChI is InChI=1S/C15H23NO/c1-2-17-15-10-9-12(6-5-11-16)13-7-3-4-8-14(13)15/h9-10H,2-8,11,16H2,1H3. The third-order valence-electron chi connectivity index (χ3n) is 3.54. The number of hydrogen-bond donors (Lipinski definition) is 1. The van der Waals surface area contributed by atoms with E-state index >= 15 is 0 Å². The molecule has 0 unspecified atom stereocenters. The van der Waals surface area contributed by atoms with E-state index in [2.05, 4.69) is 19.1 Å². The minimum absolute atomic E-state index is 0.759. The van der Waals surface area contributed by atoms with Crippen LogP contribution in [0.5, 0.6) is 5.75 Å². The second-order valence-electron chi connectivity index (χ2n) is 4.71. The first-order chi connectivity index (χ1) is 8.36. The van der Waals surface area contributed by atoms with Gasteiger partial charge in [-0.05, 0) is 74.8 Å². The van der Waals surface area contributed by atoms with Crippen molar-refractivity contribution in [3.8, 4) is 5.75 Å². The molecule has 0 atom stereocenters. The van der Waals surface area contributed by atoms with Crippen LogP contribution in [0.25, 0.3) is 0 Å². The first kappa shape index (κ1) is 12.4. The molecule has 2 N–H and O–H groups in total. The number of ether oxygens (including phenoxy) is 1. The van der Waals surface area contributed by atoms with Crippen LogP contribution in [0.1, 0.15) is 42.9 Å². The van der Waals surface area contributed by atoms with Gasteiger partial charge in [-0.2, -0.15) is 0 Å². The molecule has 1 aliphatic carbocycles. The second kappa shape index (κ2) is 6.06. The van der Waals surface area contributed by atoms with Crippen LogP contribution in [0, 0.1) is 0 Å². The minimum atomic E-state index is 0.759. The highest BCUT2D eigenvalue weighted by Gasteiger charge is 2.17. The van der Waals surface area contributed by atoms with Gasteiger partial charge < -0.3 is 10.5 Å². The molecular formula is C15H23NO. The van der Waals surface area contributed by atoms with E-state index in [-0.39, 0.29) is 0 Å². The molecule has 0 radical (unpaired) electrons. The number of rotatable bonds is 5. The molecular weight excluding hydrogens is 210 g/mol. The highest BCUT2D eigenvalue weighted by molar-refractivity contribution is 5.46. The number of aryl methyl sites for hydroxylation is 1. The molecule has 1 aromatic carbocycles. The number of hydrogen-bond acceptors (Lipinski definition) is 2. The fraction of sp³-hybridized carbons (Fsp3) is 0.600. The van der Waals surface area contributed by atoms with Crippen molar-refractivity contribution in [3.63, 3.8) is 0 Å². The van der Waals surface area contributed by atoms with Crippen molar-refractivity contribution < 1.29 is 4.74 Å². The van der Waals surface area contributed by atoms with Gasteiger partial charge in [-0.15, -0.1) is 0 Å². The van der Waals surface area contributed by atoms with Gasteiger partial charge >= 0.3 is 0 Å². The molecule has 0 aliphatic heterocycles. The SMILES string of the molecule is CCOc1ccc(CCCN)c2c1CCCC2. The summed E-state index contributed by atoms with van der Waals surface area (Å²) in [6.45, 7) is 3.59. The van der Waals surface area contributed by atoms with Crippen LogP contribution in [0.2, 0.25) is 0 Å². The molecule has 1 aliphatic rings. The highest BCUT2D eigenvalue weighted by atomic mass is 16.5. The monoisotopic (exact) mass is 233 g/mol. The van der Waals surface area contributed by atoms with Crippen molar-refractivity contribution >= 4 is 0 Å². The zero-order valence-electron chi connectivity index (χ0n) is 10.8. The molecule has 2 nitrogen and oxygen atoms in total. The van der Waals surface area contributed by atoms with Crippen LogP contribution in [0.3, 0.4) is 0 Å². The van der Waals surface area contributed by atoms with Crippen molar-refractivity contribution in [3.05, 3.63) is 28.8 Å². The average molecular weight is 233 g/mol. The first-order valence-electron chi connectivity index (χ1n) is 6.83. The van der Waals surface area contributed by atoms with Crippen molar-refractivity contribution in [1.29, 1.82) is 0 Å². The van der Waals surface area contributed by atoms with Gasteiger partial charge in [-0.3, -0.25) is 0 Å².